The second-order valence-electron chi connectivity index (χ2n) is 5.89. The normalized spacial score (nSPS) is 12.4. The SMILES string of the molecule is COCC(N)C(=O)N(Cc1ccc(-c2ccc(F)cc2)s1)C(C)C. The standard InChI is InChI=1S/C18H23FN2O2S/c1-12(2)21(18(22)16(20)11-23-3)10-15-8-9-17(24-15)13-4-6-14(19)7-5-13/h4-9,12,16H,10-11,20H2,1-3H3. The van der Waals surface area contributed by atoms with E-state index in [1.807, 2.05) is 26.0 Å². The van der Waals surface area contributed by atoms with Gasteiger partial charge in [-0.15, -0.1) is 11.3 Å². The van der Waals surface area contributed by atoms with E-state index in [9.17, 15) is 9.18 Å². The first-order chi connectivity index (χ1) is 11.4. The molecule has 0 aliphatic rings. The maximum absolute atomic E-state index is 13.0. The Hall–Kier alpha value is -1.76. The largest absolute Gasteiger partial charge is 0.383 e. The lowest BCUT2D eigenvalue weighted by Gasteiger charge is -2.28. The van der Waals surface area contributed by atoms with E-state index >= 15 is 0 Å². The molecule has 0 bridgehead atoms. The second-order valence-corrected chi connectivity index (χ2v) is 7.06. The van der Waals surface area contributed by atoms with Crippen molar-refractivity contribution in [3.63, 3.8) is 0 Å². The molecule has 0 saturated carbocycles. The molecule has 6 heteroatoms. The van der Waals surface area contributed by atoms with E-state index in [0.717, 1.165) is 15.3 Å². The van der Waals surface area contributed by atoms with Crippen LogP contribution in [0.4, 0.5) is 4.39 Å². The Kier molecular flexibility index (Phi) is 6.48. The molecule has 1 aromatic heterocycles. The predicted octanol–water partition coefficient (Wildman–Crippen LogP) is 3.26. The van der Waals surface area contributed by atoms with Crippen LogP contribution in [0.5, 0.6) is 0 Å². The first kappa shape index (κ1) is 18.6. The van der Waals surface area contributed by atoms with Gasteiger partial charge in [0.25, 0.3) is 0 Å². The first-order valence-corrected chi connectivity index (χ1v) is 8.63. The minimum atomic E-state index is -0.658. The molecule has 2 rings (SSSR count). The number of ether oxygens (including phenoxy) is 1. The van der Waals surface area contributed by atoms with Gasteiger partial charge < -0.3 is 15.4 Å². The van der Waals surface area contributed by atoms with Crippen LogP contribution >= 0.6 is 11.3 Å². The highest BCUT2D eigenvalue weighted by Crippen LogP contribution is 2.29. The minimum Gasteiger partial charge on any atom is -0.383 e. The number of thiophene rings is 1. The lowest BCUT2D eigenvalue weighted by Crippen LogP contribution is -2.48. The molecule has 2 N–H and O–H groups in total. The molecule has 1 amide bonds. The summed E-state index contributed by atoms with van der Waals surface area (Å²) in [6.07, 6.45) is 0. The van der Waals surface area contributed by atoms with E-state index in [1.54, 1.807) is 28.4 Å². The zero-order valence-corrected chi connectivity index (χ0v) is 15.0. The van der Waals surface area contributed by atoms with Crippen molar-refractivity contribution in [2.75, 3.05) is 13.7 Å². The molecule has 130 valence electrons. The maximum atomic E-state index is 13.0. The Balaban J connectivity index is 2.13. The third-order valence-corrected chi connectivity index (χ3v) is 4.81. The van der Waals surface area contributed by atoms with E-state index in [2.05, 4.69) is 0 Å². The van der Waals surface area contributed by atoms with Gasteiger partial charge in [0.2, 0.25) is 5.91 Å². The third-order valence-electron chi connectivity index (χ3n) is 3.69. The molecule has 2 aromatic rings. The highest BCUT2D eigenvalue weighted by atomic mass is 32.1. The molecular weight excluding hydrogens is 327 g/mol. The van der Waals surface area contributed by atoms with Crippen LogP contribution in [0.2, 0.25) is 0 Å². The molecule has 0 fully saturated rings. The molecule has 1 heterocycles. The summed E-state index contributed by atoms with van der Waals surface area (Å²) >= 11 is 1.59. The number of amides is 1. The highest BCUT2D eigenvalue weighted by molar-refractivity contribution is 7.15. The van der Waals surface area contributed by atoms with Crippen molar-refractivity contribution in [1.29, 1.82) is 0 Å². The molecule has 0 aliphatic carbocycles. The summed E-state index contributed by atoms with van der Waals surface area (Å²) in [5, 5.41) is 0. The molecule has 0 spiro atoms. The molecule has 1 atom stereocenters. The van der Waals surface area contributed by atoms with Gasteiger partial charge in [-0.2, -0.15) is 0 Å². The van der Waals surface area contributed by atoms with Gasteiger partial charge in [-0.25, -0.2) is 4.39 Å². The van der Waals surface area contributed by atoms with Crippen LogP contribution in [0, 0.1) is 5.82 Å². The fourth-order valence-corrected chi connectivity index (χ4v) is 3.39. The number of carbonyl (C=O) groups is 1. The van der Waals surface area contributed by atoms with Crippen LogP contribution in [0.3, 0.4) is 0 Å². The number of hydrogen-bond donors (Lipinski definition) is 1. The van der Waals surface area contributed by atoms with Gasteiger partial charge >= 0.3 is 0 Å². The van der Waals surface area contributed by atoms with Crippen LogP contribution in [-0.2, 0) is 16.1 Å². The van der Waals surface area contributed by atoms with Gasteiger partial charge in [0.1, 0.15) is 11.9 Å². The topological polar surface area (TPSA) is 55.6 Å². The van der Waals surface area contributed by atoms with Crippen molar-refractivity contribution < 1.29 is 13.9 Å². The maximum Gasteiger partial charge on any atom is 0.242 e. The Bertz CT molecular complexity index is 670. The lowest BCUT2D eigenvalue weighted by atomic mass is 10.2. The minimum absolute atomic E-state index is 0.0387. The van der Waals surface area contributed by atoms with Crippen molar-refractivity contribution in [2.45, 2.75) is 32.5 Å². The van der Waals surface area contributed by atoms with Crippen molar-refractivity contribution in [3.8, 4) is 10.4 Å². The Labute approximate surface area is 146 Å². The van der Waals surface area contributed by atoms with Gasteiger partial charge in [0, 0.05) is 22.9 Å². The van der Waals surface area contributed by atoms with Gasteiger partial charge in [-0.1, -0.05) is 12.1 Å². The highest BCUT2D eigenvalue weighted by Gasteiger charge is 2.24. The third kappa shape index (κ3) is 4.63. The zero-order valence-electron chi connectivity index (χ0n) is 14.2. The van der Waals surface area contributed by atoms with Crippen molar-refractivity contribution in [1.82, 2.24) is 4.90 Å². The fourth-order valence-electron chi connectivity index (χ4n) is 2.38. The van der Waals surface area contributed by atoms with Crippen LogP contribution in [0.25, 0.3) is 10.4 Å². The summed E-state index contributed by atoms with van der Waals surface area (Å²) in [6.45, 7) is 4.63. The smallest absolute Gasteiger partial charge is 0.242 e. The van der Waals surface area contributed by atoms with E-state index in [1.165, 1.54) is 19.2 Å². The van der Waals surface area contributed by atoms with E-state index in [-0.39, 0.29) is 24.4 Å². The number of carbonyl (C=O) groups excluding carboxylic acids is 1. The number of halogens is 1. The summed E-state index contributed by atoms with van der Waals surface area (Å²) in [5.41, 5.74) is 6.85. The Morgan fingerprint density at radius 2 is 1.92 bits per heavy atom. The predicted molar refractivity (Wildman–Crippen MR) is 95.3 cm³/mol. The van der Waals surface area contributed by atoms with Gasteiger partial charge in [0.05, 0.1) is 13.2 Å². The molecule has 1 aromatic carbocycles. The lowest BCUT2D eigenvalue weighted by molar-refractivity contribution is -0.136. The number of nitrogens with zero attached hydrogens (tertiary/aromatic N) is 1. The summed E-state index contributed by atoms with van der Waals surface area (Å²) in [6, 6.07) is 9.77. The monoisotopic (exact) mass is 350 g/mol. The first-order valence-electron chi connectivity index (χ1n) is 7.82. The number of nitrogens with two attached hydrogens (primary N) is 1. The molecule has 24 heavy (non-hydrogen) atoms. The quantitative estimate of drug-likeness (QED) is 0.834. The molecule has 1 unspecified atom stereocenters. The van der Waals surface area contributed by atoms with Crippen molar-refractivity contribution >= 4 is 17.2 Å². The zero-order chi connectivity index (χ0) is 17.7. The van der Waals surface area contributed by atoms with E-state index < -0.39 is 6.04 Å². The Morgan fingerprint density at radius 1 is 1.25 bits per heavy atom. The molecular formula is C18H23FN2O2S. The molecule has 0 saturated heterocycles. The number of benzene rings is 1. The van der Waals surface area contributed by atoms with E-state index in [0.29, 0.717) is 6.54 Å². The van der Waals surface area contributed by atoms with Gasteiger partial charge in [-0.05, 0) is 43.7 Å². The Morgan fingerprint density at radius 3 is 2.50 bits per heavy atom. The summed E-state index contributed by atoms with van der Waals surface area (Å²) in [5.74, 6) is -0.372. The van der Waals surface area contributed by atoms with Crippen LogP contribution in [0.15, 0.2) is 36.4 Å². The number of hydrogen-bond acceptors (Lipinski definition) is 4. The summed E-state index contributed by atoms with van der Waals surface area (Å²) < 4.78 is 18.0. The van der Waals surface area contributed by atoms with Crippen molar-refractivity contribution in [3.05, 3.63) is 47.1 Å². The van der Waals surface area contributed by atoms with Crippen molar-refractivity contribution in [2.24, 2.45) is 5.73 Å². The summed E-state index contributed by atoms with van der Waals surface area (Å²) in [4.78, 5) is 16.3. The fraction of sp³-hybridized carbons (Fsp3) is 0.389. The number of methoxy groups -OCH3 is 1. The van der Waals surface area contributed by atoms with Gasteiger partial charge in [0.15, 0.2) is 0 Å². The average molecular weight is 350 g/mol. The molecule has 4 nitrogen and oxygen atoms in total. The molecule has 0 aliphatic heterocycles. The van der Waals surface area contributed by atoms with Gasteiger partial charge in [-0.3, -0.25) is 4.79 Å². The van der Waals surface area contributed by atoms with Crippen LogP contribution in [-0.4, -0.2) is 36.6 Å². The average Bonchev–Trinajstić information content (AvgIpc) is 3.01. The number of rotatable bonds is 7. The van der Waals surface area contributed by atoms with Crippen LogP contribution in [0.1, 0.15) is 18.7 Å². The second kappa shape index (κ2) is 8.37. The molecule has 0 radical (unpaired) electrons. The summed E-state index contributed by atoms with van der Waals surface area (Å²) in [7, 11) is 1.53. The van der Waals surface area contributed by atoms with Crippen LogP contribution < -0.4 is 5.73 Å². The van der Waals surface area contributed by atoms with E-state index in [4.69, 9.17) is 10.5 Å².